The third-order valence-electron chi connectivity index (χ3n) is 7.67. The maximum absolute atomic E-state index is 13.1. The number of aliphatic carboxylic acids is 1. The van der Waals surface area contributed by atoms with Crippen LogP contribution in [-0.4, -0.2) is 51.7 Å². The van der Waals surface area contributed by atoms with E-state index in [4.69, 9.17) is 4.74 Å². The molecule has 2 aromatic rings. The van der Waals surface area contributed by atoms with Crippen LogP contribution in [0.5, 0.6) is 11.5 Å². The van der Waals surface area contributed by atoms with Gasteiger partial charge in [-0.15, -0.1) is 11.8 Å². The van der Waals surface area contributed by atoms with Gasteiger partial charge < -0.3 is 24.7 Å². The Morgan fingerprint density at radius 3 is 2.67 bits per heavy atom. The number of ether oxygens (including phenoxy) is 1. The molecule has 172 valence electrons. The molecule has 7 atom stereocenters. The topological polar surface area (TPSA) is 140 Å². The molecule has 4 aliphatic rings. The van der Waals surface area contributed by atoms with E-state index in [2.05, 4.69) is 4.98 Å². The van der Waals surface area contributed by atoms with E-state index in [0.717, 1.165) is 31.7 Å². The SMILES string of the molecule is COc1cc(C2c3sc(=O)[nH]c3SC3C4CC(C5C(=O)N(CC(=O)[O-])C(=O)C45)C23)ccc1O. The number of aromatic hydroxyl groups is 1. The number of aromatic nitrogens is 1. The molecule has 1 aromatic heterocycles. The van der Waals surface area contributed by atoms with Crippen LogP contribution in [0.25, 0.3) is 0 Å². The second-order valence-corrected chi connectivity index (χ2v) is 11.2. The summed E-state index contributed by atoms with van der Waals surface area (Å²) in [6, 6.07) is 5.12. The largest absolute Gasteiger partial charge is 0.548 e. The number of imide groups is 1. The number of methoxy groups -OCH3 is 1. The predicted octanol–water partition coefficient (Wildman–Crippen LogP) is 0.374. The van der Waals surface area contributed by atoms with Crippen LogP contribution in [0.4, 0.5) is 0 Å². The molecule has 1 aromatic carbocycles. The number of aromatic amines is 1. The van der Waals surface area contributed by atoms with Gasteiger partial charge >= 0.3 is 4.87 Å². The lowest BCUT2D eigenvalue weighted by Crippen LogP contribution is -2.42. The average Bonchev–Trinajstić information content (AvgIpc) is 3.49. The molecule has 9 nitrogen and oxygen atoms in total. The van der Waals surface area contributed by atoms with Crippen LogP contribution >= 0.6 is 23.1 Å². The molecule has 11 heteroatoms. The van der Waals surface area contributed by atoms with Gasteiger partial charge in [0.15, 0.2) is 11.5 Å². The van der Waals surface area contributed by atoms with Gasteiger partial charge in [-0.05, 0) is 41.9 Å². The van der Waals surface area contributed by atoms with Crippen LogP contribution in [0.15, 0.2) is 28.0 Å². The lowest BCUT2D eigenvalue weighted by molar-refractivity contribution is -0.305. The molecule has 2 amide bonds. The Labute approximate surface area is 195 Å². The minimum atomic E-state index is -1.45. The molecule has 2 saturated carbocycles. The number of rotatable bonds is 4. The number of hydrogen-bond donors (Lipinski definition) is 2. The number of H-pyrrole nitrogens is 1. The number of nitrogens with zero attached hydrogens (tertiary/aromatic N) is 1. The van der Waals surface area contributed by atoms with Crippen molar-refractivity contribution in [1.82, 2.24) is 9.88 Å². The van der Waals surface area contributed by atoms with Crippen LogP contribution in [0.1, 0.15) is 22.8 Å². The zero-order valence-corrected chi connectivity index (χ0v) is 19.0. The zero-order chi connectivity index (χ0) is 23.2. The summed E-state index contributed by atoms with van der Waals surface area (Å²) in [4.78, 5) is 54.1. The van der Waals surface area contributed by atoms with Crippen molar-refractivity contribution in [3.8, 4) is 11.5 Å². The van der Waals surface area contributed by atoms with Gasteiger partial charge in [0.2, 0.25) is 11.8 Å². The number of hydrogen-bond acceptors (Lipinski definition) is 9. The van der Waals surface area contributed by atoms with Crippen LogP contribution in [0.2, 0.25) is 0 Å². The Bertz CT molecular complexity index is 1270. The second-order valence-electron chi connectivity index (χ2n) is 9.03. The molecule has 7 unspecified atom stereocenters. The first-order chi connectivity index (χ1) is 15.8. The molecular formula is C22H19N2O7S2-. The van der Waals surface area contributed by atoms with Gasteiger partial charge in [0.1, 0.15) is 0 Å². The number of amides is 2. The number of carbonyl (C=O) groups excluding carboxylic acids is 3. The Morgan fingerprint density at radius 2 is 1.97 bits per heavy atom. The van der Waals surface area contributed by atoms with Crippen molar-refractivity contribution in [2.75, 3.05) is 13.7 Å². The smallest absolute Gasteiger partial charge is 0.305 e. The number of thiazole rings is 1. The summed E-state index contributed by atoms with van der Waals surface area (Å²) in [6.45, 7) is -0.716. The number of fused-ring (bicyclic) bond motifs is 9. The highest BCUT2D eigenvalue weighted by atomic mass is 32.2. The summed E-state index contributed by atoms with van der Waals surface area (Å²) in [7, 11) is 1.47. The number of benzene rings is 1. The summed E-state index contributed by atoms with van der Waals surface area (Å²) in [5, 5.41) is 22.0. The van der Waals surface area contributed by atoms with E-state index < -0.39 is 36.2 Å². The van der Waals surface area contributed by atoms with Crippen molar-refractivity contribution in [2.45, 2.75) is 22.6 Å². The van der Waals surface area contributed by atoms with Gasteiger partial charge in [-0.2, -0.15) is 0 Å². The maximum Gasteiger partial charge on any atom is 0.305 e. The van der Waals surface area contributed by atoms with Crippen molar-refractivity contribution in [3.63, 3.8) is 0 Å². The molecule has 2 bridgehead atoms. The van der Waals surface area contributed by atoms with Crippen LogP contribution in [0.3, 0.4) is 0 Å². The van der Waals surface area contributed by atoms with Gasteiger partial charge in [0.05, 0.1) is 36.5 Å². The Morgan fingerprint density at radius 1 is 1.24 bits per heavy atom. The van der Waals surface area contributed by atoms with Gasteiger partial charge in [-0.1, -0.05) is 17.4 Å². The van der Waals surface area contributed by atoms with E-state index in [-0.39, 0.29) is 39.5 Å². The van der Waals surface area contributed by atoms with E-state index in [1.54, 1.807) is 30.0 Å². The molecule has 3 fully saturated rings. The highest BCUT2D eigenvalue weighted by molar-refractivity contribution is 8.00. The highest BCUT2D eigenvalue weighted by Crippen LogP contribution is 2.68. The summed E-state index contributed by atoms with van der Waals surface area (Å²) in [6.07, 6.45) is 0.708. The van der Waals surface area contributed by atoms with Crippen LogP contribution < -0.4 is 14.7 Å². The van der Waals surface area contributed by atoms with Gasteiger partial charge in [-0.25, -0.2) is 0 Å². The average molecular weight is 488 g/mol. The molecule has 0 radical (unpaired) electrons. The maximum atomic E-state index is 13.1. The Kier molecular flexibility index (Phi) is 4.47. The van der Waals surface area contributed by atoms with Crippen LogP contribution in [0, 0.1) is 29.6 Å². The highest BCUT2D eigenvalue weighted by Gasteiger charge is 2.69. The molecular weight excluding hydrogens is 468 g/mol. The predicted molar refractivity (Wildman–Crippen MR) is 115 cm³/mol. The molecule has 2 aliphatic carbocycles. The minimum Gasteiger partial charge on any atom is -0.548 e. The summed E-state index contributed by atoms with van der Waals surface area (Å²) in [5.41, 5.74) is 0.865. The normalized spacial score (nSPS) is 33.7. The number of carboxylic acid groups (broad SMARTS) is 1. The molecule has 3 heterocycles. The number of thioether (sulfide) groups is 1. The lowest BCUT2D eigenvalue weighted by Gasteiger charge is -2.43. The van der Waals surface area contributed by atoms with E-state index in [0.29, 0.717) is 12.2 Å². The fraction of sp³-hybridized carbons (Fsp3) is 0.455. The molecule has 2 aliphatic heterocycles. The third kappa shape index (κ3) is 2.78. The van der Waals surface area contributed by atoms with E-state index >= 15 is 0 Å². The van der Waals surface area contributed by atoms with Gasteiger partial charge in [0.25, 0.3) is 0 Å². The molecule has 6 rings (SSSR count). The Hall–Kier alpha value is -2.79. The third-order valence-corrected chi connectivity index (χ3v) is 10.3. The van der Waals surface area contributed by atoms with Crippen molar-refractivity contribution in [3.05, 3.63) is 38.3 Å². The Balaban J connectivity index is 1.46. The van der Waals surface area contributed by atoms with Gasteiger partial charge in [0, 0.05) is 16.0 Å². The molecule has 33 heavy (non-hydrogen) atoms. The lowest BCUT2D eigenvalue weighted by atomic mass is 9.68. The van der Waals surface area contributed by atoms with E-state index in [9.17, 15) is 29.4 Å². The molecule has 1 saturated heterocycles. The van der Waals surface area contributed by atoms with E-state index in [1.807, 2.05) is 0 Å². The number of likely N-dealkylation sites (tertiary alicyclic amines) is 1. The fourth-order valence-electron chi connectivity index (χ4n) is 6.62. The van der Waals surface area contributed by atoms with Crippen molar-refractivity contribution in [2.24, 2.45) is 29.6 Å². The number of phenolic OH excluding ortho intramolecular Hbond substituents is 1. The van der Waals surface area contributed by atoms with E-state index in [1.165, 1.54) is 7.11 Å². The monoisotopic (exact) mass is 487 g/mol. The summed E-state index contributed by atoms with van der Waals surface area (Å²) >= 11 is 2.69. The van der Waals surface area contributed by atoms with Gasteiger partial charge in [-0.3, -0.25) is 19.3 Å². The second kappa shape index (κ2) is 7.10. The van der Waals surface area contributed by atoms with Crippen LogP contribution in [-0.2, 0) is 14.4 Å². The first-order valence-electron chi connectivity index (χ1n) is 10.6. The standard InChI is InChI=1S/C22H20N2O7S2/c1-31-11-4-7(2-3-10(11)25)13-14-8-5-9(17(14)32-19-18(13)33-22(30)23-19)16-15(8)20(28)24(21(16)29)6-12(26)27/h2-4,8-9,13-17,25H,5-6H2,1H3,(H,23,30)(H,26,27)/p-1. The first-order valence-corrected chi connectivity index (χ1v) is 12.3. The first kappa shape index (κ1) is 20.8. The van der Waals surface area contributed by atoms with Crippen molar-refractivity contribution < 1.29 is 29.3 Å². The minimum absolute atomic E-state index is 0.00143. The van der Waals surface area contributed by atoms with Crippen molar-refractivity contribution >= 4 is 40.9 Å². The fourth-order valence-corrected chi connectivity index (χ4v) is 9.51. The number of carbonyl (C=O) groups is 3. The molecule has 2 N–H and O–H groups in total. The number of nitrogens with one attached hydrogen (secondary N) is 1. The van der Waals surface area contributed by atoms with Crippen molar-refractivity contribution in [1.29, 1.82) is 0 Å². The quantitative estimate of drug-likeness (QED) is 0.590. The number of phenols is 1. The number of carboxylic acids is 1. The summed E-state index contributed by atoms with van der Waals surface area (Å²) in [5.74, 6) is -3.49. The summed E-state index contributed by atoms with van der Waals surface area (Å²) < 4.78 is 5.31. The zero-order valence-electron chi connectivity index (χ0n) is 17.3. The molecule has 0 spiro atoms.